The third kappa shape index (κ3) is 4.87. The summed E-state index contributed by atoms with van der Waals surface area (Å²) in [7, 11) is 1.73. The average Bonchev–Trinajstić information content (AvgIpc) is 2.98. The van der Waals surface area contributed by atoms with Crippen LogP contribution in [0.5, 0.6) is 11.5 Å². The van der Waals surface area contributed by atoms with Gasteiger partial charge in [0.2, 0.25) is 0 Å². The van der Waals surface area contributed by atoms with Crippen LogP contribution in [0.25, 0.3) is 6.08 Å². The first-order valence-corrected chi connectivity index (χ1v) is 10.4. The fourth-order valence-corrected chi connectivity index (χ4v) is 3.82. The standard InChI is InChI=1S/C24H24N2O3S/c1-6-12-29-20-11-9-18(14-21(20)28-7-2)15-22-23(27)26(5)24(30-22)25-19-10-8-16(3)17(4)13-19/h1,8-11,13-15H,7,12H2,2-5H3. The highest BCUT2D eigenvalue weighted by Gasteiger charge is 2.30. The lowest BCUT2D eigenvalue weighted by Crippen LogP contribution is -2.23. The fourth-order valence-electron chi connectivity index (χ4n) is 2.83. The summed E-state index contributed by atoms with van der Waals surface area (Å²) in [6.07, 6.45) is 7.10. The van der Waals surface area contributed by atoms with Crippen LogP contribution in [0, 0.1) is 26.2 Å². The highest BCUT2D eigenvalue weighted by Crippen LogP contribution is 2.35. The minimum atomic E-state index is -0.0896. The van der Waals surface area contributed by atoms with Gasteiger partial charge in [0.1, 0.15) is 6.61 Å². The maximum Gasteiger partial charge on any atom is 0.266 e. The first kappa shape index (κ1) is 21.5. The smallest absolute Gasteiger partial charge is 0.266 e. The molecule has 1 aliphatic rings. The lowest BCUT2D eigenvalue weighted by molar-refractivity contribution is -0.121. The minimum absolute atomic E-state index is 0.0896. The largest absolute Gasteiger partial charge is 0.490 e. The van der Waals surface area contributed by atoms with E-state index in [2.05, 4.69) is 17.8 Å². The van der Waals surface area contributed by atoms with Gasteiger partial charge in [0.05, 0.1) is 17.2 Å². The van der Waals surface area contributed by atoms with Gasteiger partial charge in [-0.15, -0.1) is 6.42 Å². The van der Waals surface area contributed by atoms with E-state index in [0.29, 0.717) is 28.2 Å². The number of benzene rings is 2. The molecule has 0 spiro atoms. The zero-order chi connectivity index (χ0) is 21.7. The van der Waals surface area contributed by atoms with Gasteiger partial charge in [-0.2, -0.15) is 0 Å². The van der Waals surface area contributed by atoms with Gasteiger partial charge in [0.25, 0.3) is 5.91 Å². The van der Waals surface area contributed by atoms with E-state index in [1.54, 1.807) is 18.0 Å². The molecule has 1 saturated heterocycles. The van der Waals surface area contributed by atoms with E-state index in [1.165, 1.54) is 22.9 Å². The Morgan fingerprint density at radius 3 is 2.63 bits per heavy atom. The molecule has 1 aliphatic heterocycles. The normalized spacial score (nSPS) is 16.2. The number of likely N-dealkylation sites (N-methyl/N-ethyl adjacent to an activating group) is 1. The molecule has 0 aromatic heterocycles. The summed E-state index contributed by atoms with van der Waals surface area (Å²) in [6, 6.07) is 11.5. The Morgan fingerprint density at radius 1 is 1.13 bits per heavy atom. The summed E-state index contributed by atoms with van der Waals surface area (Å²) in [6.45, 7) is 6.67. The van der Waals surface area contributed by atoms with Gasteiger partial charge in [-0.05, 0) is 79.6 Å². The molecule has 30 heavy (non-hydrogen) atoms. The number of terminal acetylenes is 1. The molecule has 0 saturated carbocycles. The highest BCUT2D eigenvalue weighted by atomic mass is 32.2. The van der Waals surface area contributed by atoms with Crippen molar-refractivity contribution in [2.75, 3.05) is 20.3 Å². The molecule has 0 aliphatic carbocycles. The van der Waals surface area contributed by atoms with E-state index in [4.69, 9.17) is 15.9 Å². The van der Waals surface area contributed by atoms with Crippen LogP contribution < -0.4 is 9.47 Å². The van der Waals surface area contributed by atoms with Crippen LogP contribution in [0.4, 0.5) is 5.69 Å². The molecule has 0 radical (unpaired) electrons. The second-order valence-corrected chi connectivity index (χ2v) is 7.78. The number of ether oxygens (including phenoxy) is 2. The van der Waals surface area contributed by atoms with E-state index in [1.807, 2.05) is 50.3 Å². The van der Waals surface area contributed by atoms with Crippen molar-refractivity contribution in [3.05, 3.63) is 58.0 Å². The Bertz CT molecular complexity index is 1070. The first-order chi connectivity index (χ1) is 14.4. The molecule has 0 atom stereocenters. The van der Waals surface area contributed by atoms with E-state index in [-0.39, 0.29) is 12.5 Å². The lowest BCUT2D eigenvalue weighted by atomic mass is 10.1. The molecule has 1 amide bonds. The van der Waals surface area contributed by atoms with Crippen molar-refractivity contribution in [2.24, 2.45) is 4.99 Å². The monoisotopic (exact) mass is 420 g/mol. The SMILES string of the molecule is C#CCOc1ccc(C=C2SC(=Nc3ccc(C)c(C)c3)N(C)C2=O)cc1OCC. The summed E-state index contributed by atoms with van der Waals surface area (Å²) in [5.74, 6) is 3.53. The molecular formula is C24H24N2O3S. The number of amides is 1. The molecule has 2 aromatic carbocycles. The maximum absolute atomic E-state index is 12.7. The van der Waals surface area contributed by atoms with E-state index < -0.39 is 0 Å². The number of rotatable bonds is 6. The van der Waals surface area contributed by atoms with Crippen molar-refractivity contribution in [1.82, 2.24) is 4.90 Å². The first-order valence-electron chi connectivity index (χ1n) is 9.59. The fraction of sp³-hybridized carbons (Fsp3) is 0.250. The molecule has 0 unspecified atom stereocenters. The Balaban J connectivity index is 1.87. The van der Waals surface area contributed by atoms with E-state index >= 15 is 0 Å². The van der Waals surface area contributed by atoms with Crippen LogP contribution in [-0.2, 0) is 4.79 Å². The van der Waals surface area contributed by atoms with Crippen molar-refractivity contribution in [2.45, 2.75) is 20.8 Å². The van der Waals surface area contributed by atoms with Crippen LogP contribution in [0.2, 0.25) is 0 Å². The Labute approximate surface area is 181 Å². The number of amidine groups is 1. The van der Waals surface area contributed by atoms with Gasteiger partial charge in [-0.3, -0.25) is 9.69 Å². The van der Waals surface area contributed by atoms with Crippen LogP contribution in [0.15, 0.2) is 46.3 Å². The molecule has 0 N–H and O–H groups in total. The van der Waals surface area contributed by atoms with Crippen molar-refractivity contribution in [3.63, 3.8) is 0 Å². The quantitative estimate of drug-likeness (QED) is 0.490. The molecule has 1 heterocycles. The summed E-state index contributed by atoms with van der Waals surface area (Å²) >= 11 is 1.35. The van der Waals surface area contributed by atoms with Gasteiger partial charge in [0.15, 0.2) is 16.7 Å². The third-order valence-corrected chi connectivity index (χ3v) is 5.66. The van der Waals surface area contributed by atoms with Gasteiger partial charge in [0, 0.05) is 7.05 Å². The van der Waals surface area contributed by atoms with Crippen LogP contribution in [-0.4, -0.2) is 36.2 Å². The molecule has 6 heteroatoms. The predicted octanol–water partition coefficient (Wildman–Crippen LogP) is 4.95. The van der Waals surface area contributed by atoms with E-state index in [9.17, 15) is 4.79 Å². The van der Waals surface area contributed by atoms with Crippen molar-refractivity contribution >= 4 is 34.6 Å². The minimum Gasteiger partial charge on any atom is -0.490 e. The second kappa shape index (κ2) is 9.55. The number of thioether (sulfide) groups is 1. The Morgan fingerprint density at radius 2 is 1.93 bits per heavy atom. The number of carbonyl (C=O) groups excluding carboxylic acids is 1. The van der Waals surface area contributed by atoms with Crippen molar-refractivity contribution < 1.29 is 14.3 Å². The number of hydrogen-bond donors (Lipinski definition) is 0. The molecule has 2 aromatic rings. The summed E-state index contributed by atoms with van der Waals surface area (Å²) in [5, 5.41) is 0.647. The summed E-state index contributed by atoms with van der Waals surface area (Å²) in [4.78, 5) is 19.6. The zero-order valence-electron chi connectivity index (χ0n) is 17.6. The summed E-state index contributed by atoms with van der Waals surface area (Å²) < 4.78 is 11.2. The molecule has 3 rings (SSSR count). The lowest BCUT2D eigenvalue weighted by Gasteiger charge is -2.11. The Kier molecular flexibility index (Phi) is 6.86. The van der Waals surface area contributed by atoms with Gasteiger partial charge < -0.3 is 9.47 Å². The molecule has 154 valence electrons. The third-order valence-electron chi connectivity index (χ3n) is 4.60. The molecular weight excluding hydrogens is 396 g/mol. The highest BCUT2D eigenvalue weighted by molar-refractivity contribution is 8.18. The molecule has 1 fully saturated rings. The number of aliphatic imine (C=N–C) groups is 1. The zero-order valence-corrected chi connectivity index (χ0v) is 18.4. The van der Waals surface area contributed by atoms with Crippen LogP contribution in [0.3, 0.4) is 0 Å². The Hall–Kier alpha value is -3.17. The molecule has 5 nitrogen and oxygen atoms in total. The van der Waals surface area contributed by atoms with Crippen molar-refractivity contribution in [1.29, 1.82) is 0 Å². The number of aryl methyl sites for hydroxylation is 2. The maximum atomic E-state index is 12.7. The van der Waals surface area contributed by atoms with Crippen LogP contribution in [0.1, 0.15) is 23.6 Å². The number of hydrogen-bond acceptors (Lipinski definition) is 5. The van der Waals surface area contributed by atoms with Crippen molar-refractivity contribution in [3.8, 4) is 23.8 Å². The van der Waals surface area contributed by atoms with E-state index in [0.717, 1.165) is 11.3 Å². The second-order valence-electron chi connectivity index (χ2n) is 6.77. The van der Waals surface area contributed by atoms with Gasteiger partial charge in [-0.1, -0.05) is 18.1 Å². The summed E-state index contributed by atoms with van der Waals surface area (Å²) in [5.41, 5.74) is 4.04. The topological polar surface area (TPSA) is 51.1 Å². The average molecular weight is 421 g/mol. The number of nitrogens with zero attached hydrogens (tertiary/aromatic N) is 2. The van der Waals surface area contributed by atoms with Gasteiger partial charge >= 0.3 is 0 Å². The predicted molar refractivity (Wildman–Crippen MR) is 123 cm³/mol. The number of carbonyl (C=O) groups is 1. The molecule has 0 bridgehead atoms. The van der Waals surface area contributed by atoms with Gasteiger partial charge in [-0.25, -0.2) is 4.99 Å². The van der Waals surface area contributed by atoms with Crippen LogP contribution >= 0.6 is 11.8 Å².